The number of fused-ring (bicyclic) bond motifs is 1. The number of aryl methyl sites for hydroxylation is 1. The molecule has 2 aliphatic heterocycles. The van der Waals surface area contributed by atoms with Gasteiger partial charge in [0, 0.05) is 56.5 Å². The molecule has 2 aliphatic rings. The lowest BCUT2D eigenvalue weighted by atomic mass is 9.94. The molecule has 1 aromatic heterocycles. The maximum absolute atomic E-state index is 13.2. The lowest BCUT2D eigenvalue weighted by Crippen LogP contribution is -2.60. The van der Waals surface area contributed by atoms with Gasteiger partial charge in [-0.15, -0.1) is 0 Å². The summed E-state index contributed by atoms with van der Waals surface area (Å²) in [5, 5.41) is 3.09. The number of nitrogens with one attached hydrogen (secondary N) is 1. The van der Waals surface area contributed by atoms with E-state index < -0.39 is 11.4 Å². The minimum absolute atomic E-state index is 0.0432. The predicted molar refractivity (Wildman–Crippen MR) is 126 cm³/mol. The number of amides is 2. The molecular formula is C25H34N4O3. The summed E-state index contributed by atoms with van der Waals surface area (Å²) < 4.78 is 12.1. The number of aromatic nitrogens is 1. The van der Waals surface area contributed by atoms with E-state index in [0.717, 1.165) is 41.5 Å². The summed E-state index contributed by atoms with van der Waals surface area (Å²) in [5.41, 5.74) is 2.28. The number of benzene rings is 1. The lowest BCUT2D eigenvalue weighted by molar-refractivity contribution is -0.241. The number of rotatable bonds is 2. The number of hydrogen-bond donors (Lipinski definition) is 1. The van der Waals surface area contributed by atoms with Crippen LogP contribution in [0.25, 0.3) is 0 Å². The highest BCUT2D eigenvalue weighted by molar-refractivity contribution is 5.90. The van der Waals surface area contributed by atoms with Crippen molar-refractivity contribution >= 4 is 17.5 Å². The second-order valence-corrected chi connectivity index (χ2v) is 9.91. The van der Waals surface area contributed by atoms with Gasteiger partial charge < -0.3 is 24.6 Å². The first-order chi connectivity index (χ1) is 15.0. The van der Waals surface area contributed by atoms with Crippen LogP contribution in [0, 0.1) is 6.92 Å². The zero-order valence-electron chi connectivity index (χ0n) is 20.1. The Morgan fingerprint density at radius 2 is 1.81 bits per heavy atom. The van der Waals surface area contributed by atoms with E-state index in [2.05, 4.69) is 42.0 Å². The normalized spacial score (nSPS) is 23.8. The van der Waals surface area contributed by atoms with Gasteiger partial charge in [0.05, 0.1) is 5.60 Å². The number of piperazine rings is 1. The lowest BCUT2D eigenvalue weighted by Gasteiger charge is -2.45. The number of nitrogens with zero attached hydrogens (tertiary/aromatic N) is 3. The largest absolute Gasteiger partial charge is 0.463 e. The first-order valence-corrected chi connectivity index (χ1v) is 11.3. The molecule has 1 N–H and O–H groups in total. The number of anilines is 2. The summed E-state index contributed by atoms with van der Waals surface area (Å²) in [7, 11) is 0. The zero-order chi connectivity index (χ0) is 23.3. The monoisotopic (exact) mass is 438 g/mol. The van der Waals surface area contributed by atoms with Crippen LogP contribution in [0.5, 0.6) is 5.75 Å². The molecule has 32 heavy (non-hydrogen) atoms. The van der Waals surface area contributed by atoms with Gasteiger partial charge in [-0.1, -0.05) is 6.07 Å². The Morgan fingerprint density at radius 1 is 1.12 bits per heavy atom. The van der Waals surface area contributed by atoms with E-state index in [1.165, 1.54) is 0 Å². The predicted octanol–water partition coefficient (Wildman–Crippen LogP) is 4.90. The fraction of sp³-hybridized carbons (Fsp3) is 0.520. The van der Waals surface area contributed by atoms with Gasteiger partial charge in [-0.25, -0.2) is 9.78 Å². The summed E-state index contributed by atoms with van der Waals surface area (Å²) in [6.07, 6.45) is 1.82. The molecule has 0 radical (unpaired) electrons. The van der Waals surface area contributed by atoms with E-state index in [4.69, 9.17) is 9.47 Å². The highest BCUT2D eigenvalue weighted by atomic mass is 16.7. The molecule has 1 aromatic carbocycles. The van der Waals surface area contributed by atoms with Crippen molar-refractivity contribution in [1.29, 1.82) is 0 Å². The first-order valence-electron chi connectivity index (χ1n) is 11.3. The highest BCUT2D eigenvalue weighted by Gasteiger charge is 2.40. The molecule has 1 fully saturated rings. The molecule has 2 atom stereocenters. The Labute approximate surface area is 190 Å². The van der Waals surface area contributed by atoms with Crippen LogP contribution in [0.2, 0.25) is 0 Å². The van der Waals surface area contributed by atoms with Crippen LogP contribution >= 0.6 is 0 Å². The molecule has 2 unspecified atom stereocenters. The molecule has 0 aliphatic carbocycles. The molecule has 3 heterocycles. The average molecular weight is 439 g/mol. The van der Waals surface area contributed by atoms with Crippen molar-refractivity contribution in [3.05, 3.63) is 47.7 Å². The molecule has 2 aromatic rings. The minimum atomic E-state index is -0.697. The van der Waals surface area contributed by atoms with E-state index in [-0.39, 0.29) is 18.1 Å². The molecule has 7 heteroatoms. The summed E-state index contributed by atoms with van der Waals surface area (Å²) in [5.74, 6) is 1.08. The van der Waals surface area contributed by atoms with Gasteiger partial charge in [0.1, 0.15) is 11.6 Å². The molecule has 0 spiro atoms. The Morgan fingerprint density at radius 3 is 2.47 bits per heavy atom. The molecule has 0 bridgehead atoms. The van der Waals surface area contributed by atoms with Crippen molar-refractivity contribution in [2.75, 3.05) is 23.3 Å². The van der Waals surface area contributed by atoms with Crippen LogP contribution in [0.15, 0.2) is 36.5 Å². The summed E-state index contributed by atoms with van der Waals surface area (Å²) in [4.78, 5) is 22.0. The number of carbonyl (C=O) groups is 1. The van der Waals surface area contributed by atoms with Crippen molar-refractivity contribution in [2.24, 2.45) is 0 Å². The van der Waals surface area contributed by atoms with Crippen LogP contribution in [-0.2, 0) is 10.3 Å². The minimum Gasteiger partial charge on any atom is -0.463 e. The average Bonchev–Trinajstić information content (AvgIpc) is 2.67. The van der Waals surface area contributed by atoms with E-state index in [1.54, 1.807) is 0 Å². The van der Waals surface area contributed by atoms with Crippen molar-refractivity contribution in [2.45, 2.75) is 71.9 Å². The van der Waals surface area contributed by atoms with E-state index in [1.807, 2.05) is 63.1 Å². The molecule has 172 valence electrons. The Hall–Kier alpha value is -2.80. The number of carbonyl (C=O) groups excluding carboxylic acids is 1. The molecule has 1 saturated heterocycles. The number of pyridine rings is 1. The molecule has 4 rings (SSSR count). The topological polar surface area (TPSA) is 66.9 Å². The fourth-order valence-electron chi connectivity index (χ4n) is 5.01. The van der Waals surface area contributed by atoms with E-state index >= 15 is 0 Å². The Kier molecular flexibility index (Phi) is 5.57. The van der Waals surface area contributed by atoms with Crippen molar-refractivity contribution in [3.63, 3.8) is 0 Å². The SMILES string of the molecule is Cc1cccnc1N1CC(C)N(C(=O)Nc2ccc3c(c2)C(C)(C)OC(C)(C)O3)C(C)C1. The fourth-order valence-corrected chi connectivity index (χ4v) is 5.01. The molecule has 2 amide bonds. The van der Waals surface area contributed by atoms with Crippen molar-refractivity contribution in [3.8, 4) is 5.75 Å². The van der Waals surface area contributed by atoms with Gasteiger partial charge in [0.25, 0.3) is 0 Å². The molecular weight excluding hydrogens is 404 g/mol. The quantitative estimate of drug-likeness (QED) is 0.722. The Balaban J connectivity index is 1.50. The van der Waals surface area contributed by atoms with Gasteiger partial charge >= 0.3 is 6.03 Å². The summed E-state index contributed by atoms with van der Waals surface area (Å²) >= 11 is 0. The standard InChI is InChI=1S/C25H34N4O3/c1-16-9-8-12-26-22(16)28-14-17(2)29(18(3)15-28)23(30)27-19-10-11-21-20(13-19)24(4,5)32-25(6,7)31-21/h8-13,17-18H,14-15H2,1-7H3,(H,27,30). The van der Waals surface area contributed by atoms with Gasteiger partial charge in [-0.05, 0) is 64.4 Å². The van der Waals surface area contributed by atoms with Gasteiger partial charge in [0.2, 0.25) is 5.79 Å². The van der Waals surface area contributed by atoms with E-state index in [9.17, 15) is 4.79 Å². The number of urea groups is 1. The summed E-state index contributed by atoms with van der Waals surface area (Å²) in [6.45, 7) is 15.6. The van der Waals surface area contributed by atoms with Gasteiger partial charge in [-0.3, -0.25) is 0 Å². The van der Waals surface area contributed by atoms with E-state index in [0.29, 0.717) is 0 Å². The maximum Gasteiger partial charge on any atom is 0.322 e. The highest BCUT2D eigenvalue weighted by Crippen LogP contribution is 2.43. The van der Waals surface area contributed by atoms with Crippen LogP contribution in [0.4, 0.5) is 16.3 Å². The number of ether oxygens (including phenoxy) is 2. The van der Waals surface area contributed by atoms with Crippen LogP contribution < -0.4 is 15.0 Å². The van der Waals surface area contributed by atoms with Crippen molar-refractivity contribution < 1.29 is 14.3 Å². The van der Waals surface area contributed by atoms with Gasteiger partial charge in [0.15, 0.2) is 0 Å². The second kappa shape index (κ2) is 7.96. The Bertz CT molecular complexity index is 1010. The zero-order valence-corrected chi connectivity index (χ0v) is 20.1. The smallest absolute Gasteiger partial charge is 0.322 e. The van der Waals surface area contributed by atoms with Crippen molar-refractivity contribution in [1.82, 2.24) is 9.88 Å². The first kappa shape index (κ1) is 22.4. The van der Waals surface area contributed by atoms with Crippen LogP contribution in [0.1, 0.15) is 52.7 Å². The van der Waals surface area contributed by atoms with Crippen LogP contribution in [0.3, 0.4) is 0 Å². The third-order valence-electron chi connectivity index (χ3n) is 6.17. The third kappa shape index (κ3) is 4.26. The van der Waals surface area contributed by atoms with Gasteiger partial charge in [-0.2, -0.15) is 0 Å². The summed E-state index contributed by atoms with van der Waals surface area (Å²) in [6, 6.07) is 9.75. The second-order valence-electron chi connectivity index (χ2n) is 9.91. The maximum atomic E-state index is 13.2. The molecule has 7 nitrogen and oxygen atoms in total. The third-order valence-corrected chi connectivity index (χ3v) is 6.17. The molecule has 0 saturated carbocycles. The van der Waals surface area contributed by atoms with Crippen LogP contribution in [-0.4, -0.2) is 46.9 Å². The number of hydrogen-bond acceptors (Lipinski definition) is 5.